The molecule has 1 aliphatic rings. The van der Waals surface area contributed by atoms with Crippen molar-refractivity contribution in [2.45, 2.75) is 25.4 Å². The van der Waals surface area contributed by atoms with Crippen molar-refractivity contribution >= 4 is 17.2 Å². The molecule has 0 aromatic heterocycles. The van der Waals surface area contributed by atoms with Crippen LogP contribution in [0.3, 0.4) is 0 Å². The van der Waals surface area contributed by atoms with Gasteiger partial charge in [0.15, 0.2) is 0 Å². The summed E-state index contributed by atoms with van der Waals surface area (Å²) in [4.78, 5) is 33.1. The van der Waals surface area contributed by atoms with Crippen LogP contribution in [0.25, 0.3) is 0 Å². The van der Waals surface area contributed by atoms with Crippen molar-refractivity contribution in [3.8, 4) is 0 Å². The van der Waals surface area contributed by atoms with E-state index in [-0.39, 0.29) is 35.2 Å². The first-order chi connectivity index (χ1) is 12.4. The van der Waals surface area contributed by atoms with E-state index in [1.54, 1.807) is 24.3 Å². The molecule has 1 fully saturated rings. The second-order valence-electron chi connectivity index (χ2n) is 6.35. The van der Waals surface area contributed by atoms with E-state index >= 15 is 0 Å². The molecule has 134 valence electrons. The molecule has 26 heavy (non-hydrogen) atoms. The third-order valence-corrected chi connectivity index (χ3v) is 4.76. The van der Waals surface area contributed by atoms with Crippen LogP contribution in [0.15, 0.2) is 48.5 Å². The van der Waals surface area contributed by atoms with Crippen LogP contribution < -0.4 is 5.32 Å². The van der Waals surface area contributed by atoms with E-state index in [0.29, 0.717) is 6.42 Å². The highest BCUT2D eigenvalue weighted by molar-refractivity contribution is 5.83. The monoisotopic (exact) mass is 355 g/mol. The van der Waals surface area contributed by atoms with E-state index in [1.807, 2.05) is 6.92 Å². The normalized spacial score (nSPS) is 22.8. The molecule has 0 bridgehead atoms. The van der Waals surface area contributed by atoms with Gasteiger partial charge in [0.2, 0.25) is 0 Å². The fourth-order valence-electron chi connectivity index (χ4n) is 3.22. The molecule has 0 radical (unpaired) electrons. The van der Waals surface area contributed by atoms with Crippen molar-refractivity contribution in [2.24, 2.45) is 5.92 Å². The molecule has 8 nitrogen and oxygen atoms in total. The predicted molar refractivity (Wildman–Crippen MR) is 93.6 cm³/mol. The van der Waals surface area contributed by atoms with Crippen molar-refractivity contribution < 1.29 is 14.6 Å². The van der Waals surface area contributed by atoms with E-state index in [0.717, 1.165) is 11.1 Å². The van der Waals surface area contributed by atoms with Crippen molar-refractivity contribution in [1.82, 2.24) is 5.32 Å². The quantitative estimate of drug-likeness (QED) is 0.663. The van der Waals surface area contributed by atoms with Crippen LogP contribution in [0, 0.1) is 26.1 Å². The van der Waals surface area contributed by atoms with Gasteiger partial charge >= 0.3 is 0 Å². The third-order valence-electron chi connectivity index (χ3n) is 4.76. The van der Waals surface area contributed by atoms with E-state index in [2.05, 4.69) is 5.32 Å². The summed E-state index contributed by atoms with van der Waals surface area (Å²) in [5.41, 5.74) is 1.58. The zero-order valence-electron chi connectivity index (χ0n) is 14.0. The number of carbonyl (C=O) groups is 1. The highest BCUT2D eigenvalue weighted by Gasteiger charge is 2.35. The fourth-order valence-corrected chi connectivity index (χ4v) is 3.22. The number of nitrogens with one attached hydrogen (secondary N) is 1. The Balaban J connectivity index is 1.85. The highest BCUT2D eigenvalue weighted by Crippen LogP contribution is 2.35. The van der Waals surface area contributed by atoms with Gasteiger partial charge in [-0.1, -0.05) is 31.2 Å². The number of piperidine rings is 1. The molecule has 1 aliphatic heterocycles. The van der Waals surface area contributed by atoms with Gasteiger partial charge in [-0.15, -0.1) is 0 Å². The standard InChI is InChI=1S/C18H17N3O5/c1-11-17(22)10-16(12-2-6-14(7-3-12)20(23)24)19-18(11)13-4-8-15(9-5-13)21(25)26/h2-9,11,16,18-19H,10H2,1H3/t11-,16-,18+/m0/s1. The molecule has 3 atom stereocenters. The Hall–Kier alpha value is -3.13. The minimum Gasteiger partial charge on any atom is -0.302 e. The number of ketones is 1. The van der Waals surface area contributed by atoms with Gasteiger partial charge in [0.25, 0.3) is 11.4 Å². The Kier molecular flexibility index (Phi) is 4.77. The maximum Gasteiger partial charge on any atom is 0.269 e. The third kappa shape index (κ3) is 3.45. The summed E-state index contributed by atoms with van der Waals surface area (Å²) in [5, 5.41) is 25.0. The van der Waals surface area contributed by atoms with Gasteiger partial charge in [0.05, 0.1) is 9.85 Å². The van der Waals surface area contributed by atoms with Crippen LogP contribution in [0.2, 0.25) is 0 Å². The Labute approximate surface area is 149 Å². The molecule has 0 amide bonds. The lowest BCUT2D eigenvalue weighted by molar-refractivity contribution is -0.385. The maximum absolute atomic E-state index is 12.5. The van der Waals surface area contributed by atoms with Crippen molar-refractivity contribution in [3.63, 3.8) is 0 Å². The number of nitro groups is 2. The Morgan fingerprint density at radius 2 is 1.35 bits per heavy atom. The lowest BCUT2D eigenvalue weighted by Crippen LogP contribution is -2.41. The molecule has 1 N–H and O–H groups in total. The number of benzene rings is 2. The topological polar surface area (TPSA) is 115 Å². The number of hydrogen-bond acceptors (Lipinski definition) is 6. The van der Waals surface area contributed by atoms with E-state index in [4.69, 9.17) is 0 Å². The number of hydrogen-bond donors (Lipinski definition) is 1. The SMILES string of the molecule is C[C@H]1C(=O)C[C@@H](c2ccc([N+](=O)[O-])cc2)N[C@H]1c1ccc([N+](=O)[O-])cc1. The molecule has 0 aliphatic carbocycles. The molecule has 2 aromatic carbocycles. The molecule has 2 aromatic rings. The average Bonchev–Trinajstić information content (AvgIpc) is 2.64. The van der Waals surface area contributed by atoms with Crippen molar-refractivity contribution in [2.75, 3.05) is 0 Å². The van der Waals surface area contributed by atoms with Gasteiger partial charge in [-0.3, -0.25) is 25.0 Å². The second kappa shape index (κ2) is 7.01. The summed E-state index contributed by atoms with van der Waals surface area (Å²) in [5.74, 6) is -0.193. The van der Waals surface area contributed by atoms with Crippen LogP contribution in [0.5, 0.6) is 0 Å². The molecule has 8 heteroatoms. The van der Waals surface area contributed by atoms with E-state index < -0.39 is 9.85 Å². The molecule has 3 rings (SSSR count). The first-order valence-corrected chi connectivity index (χ1v) is 8.14. The Bertz CT molecular complexity index is 848. The zero-order valence-corrected chi connectivity index (χ0v) is 14.0. The highest BCUT2D eigenvalue weighted by atomic mass is 16.6. The van der Waals surface area contributed by atoms with Gasteiger partial charge in [-0.05, 0) is 11.1 Å². The number of Topliss-reactive ketones (excluding diaryl/α,β-unsaturated/α-hetero) is 1. The van der Waals surface area contributed by atoms with Crippen LogP contribution in [0.1, 0.15) is 36.6 Å². The van der Waals surface area contributed by atoms with Gasteiger partial charge in [-0.2, -0.15) is 0 Å². The number of nitrogens with zero attached hydrogens (tertiary/aromatic N) is 2. The Morgan fingerprint density at radius 3 is 1.81 bits per heavy atom. The summed E-state index contributed by atoms with van der Waals surface area (Å²) in [6.07, 6.45) is 0.294. The summed E-state index contributed by atoms with van der Waals surface area (Å²) in [7, 11) is 0. The van der Waals surface area contributed by atoms with Crippen molar-refractivity contribution in [1.29, 1.82) is 0 Å². The number of nitro benzene ring substituents is 2. The molecule has 0 unspecified atom stereocenters. The van der Waals surface area contributed by atoms with Gasteiger partial charge in [0.1, 0.15) is 5.78 Å². The van der Waals surface area contributed by atoms with Crippen LogP contribution in [-0.4, -0.2) is 15.6 Å². The average molecular weight is 355 g/mol. The van der Waals surface area contributed by atoms with Gasteiger partial charge in [0, 0.05) is 48.7 Å². The maximum atomic E-state index is 12.5. The lowest BCUT2D eigenvalue weighted by Gasteiger charge is -2.35. The van der Waals surface area contributed by atoms with Crippen LogP contribution >= 0.6 is 0 Å². The summed E-state index contributed by atoms with van der Waals surface area (Å²) in [6, 6.07) is 11.7. The molecular formula is C18H17N3O5. The van der Waals surface area contributed by atoms with E-state index in [1.165, 1.54) is 24.3 Å². The minimum atomic E-state index is -0.467. The molecule has 0 spiro atoms. The number of rotatable bonds is 4. The minimum absolute atomic E-state index is 0.00354. The summed E-state index contributed by atoms with van der Waals surface area (Å²) < 4.78 is 0. The van der Waals surface area contributed by atoms with Gasteiger partial charge in [-0.25, -0.2) is 0 Å². The first kappa shape index (κ1) is 17.7. The van der Waals surface area contributed by atoms with Gasteiger partial charge < -0.3 is 5.32 Å². The van der Waals surface area contributed by atoms with Crippen molar-refractivity contribution in [3.05, 3.63) is 79.9 Å². The molecule has 1 saturated heterocycles. The zero-order chi connectivity index (χ0) is 18.8. The molecule has 1 heterocycles. The predicted octanol–water partition coefficient (Wildman–Crippen LogP) is 3.48. The lowest BCUT2D eigenvalue weighted by atomic mass is 9.82. The molecular weight excluding hydrogens is 338 g/mol. The summed E-state index contributed by atoms with van der Waals surface area (Å²) in [6.45, 7) is 1.83. The smallest absolute Gasteiger partial charge is 0.269 e. The fraction of sp³-hybridized carbons (Fsp3) is 0.278. The molecule has 0 saturated carbocycles. The van der Waals surface area contributed by atoms with Crippen LogP contribution in [-0.2, 0) is 4.79 Å². The second-order valence-corrected chi connectivity index (χ2v) is 6.35. The van der Waals surface area contributed by atoms with Crippen LogP contribution in [0.4, 0.5) is 11.4 Å². The largest absolute Gasteiger partial charge is 0.302 e. The summed E-state index contributed by atoms with van der Waals surface area (Å²) >= 11 is 0. The Morgan fingerprint density at radius 1 is 0.885 bits per heavy atom. The van der Waals surface area contributed by atoms with E-state index in [9.17, 15) is 25.0 Å². The number of non-ortho nitro benzene ring substituents is 2. The first-order valence-electron chi connectivity index (χ1n) is 8.14. The number of carbonyl (C=O) groups excluding carboxylic acids is 1.